The molecule has 1 heterocycles. The quantitative estimate of drug-likeness (QED) is 0.763. The summed E-state index contributed by atoms with van der Waals surface area (Å²) in [5.41, 5.74) is 0.669. The molecule has 0 spiro atoms. The van der Waals surface area contributed by atoms with E-state index in [4.69, 9.17) is 0 Å². The van der Waals surface area contributed by atoms with Gasteiger partial charge in [-0.25, -0.2) is 14.4 Å². The number of halogens is 2. The van der Waals surface area contributed by atoms with Crippen molar-refractivity contribution in [2.45, 2.75) is 31.7 Å². The van der Waals surface area contributed by atoms with Gasteiger partial charge in [-0.3, -0.25) is 0 Å². The fourth-order valence-electron chi connectivity index (χ4n) is 2.35. The van der Waals surface area contributed by atoms with Crippen LogP contribution in [0, 0.1) is 5.82 Å². The zero-order valence-electron chi connectivity index (χ0n) is 12.1. The lowest BCUT2D eigenvalue weighted by atomic mass is 10.1. The van der Waals surface area contributed by atoms with Crippen LogP contribution in [0.3, 0.4) is 0 Å². The average Bonchev–Trinajstić information content (AvgIpc) is 3.30. The number of aromatic nitrogens is 2. The normalized spacial score (nSPS) is 15.8. The van der Waals surface area contributed by atoms with Crippen molar-refractivity contribution in [1.82, 2.24) is 9.97 Å². The lowest BCUT2D eigenvalue weighted by Crippen LogP contribution is -2.24. The zero-order valence-corrected chi connectivity index (χ0v) is 13.6. The molecule has 110 valence electrons. The third-order valence-electron chi connectivity index (χ3n) is 3.94. The largest absolute Gasteiger partial charge is 0.353 e. The van der Waals surface area contributed by atoms with Crippen molar-refractivity contribution >= 4 is 21.7 Å². The molecule has 3 rings (SSSR count). The molecule has 0 aliphatic heterocycles. The Hall–Kier alpha value is -1.49. The Bertz CT molecular complexity index is 658. The molecular formula is C16H17BrFN3. The zero-order chi connectivity index (χ0) is 15.0. The van der Waals surface area contributed by atoms with Crippen molar-refractivity contribution in [1.29, 1.82) is 0 Å². The smallest absolute Gasteiger partial charge is 0.135 e. The molecule has 3 nitrogen and oxygen atoms in total. The Morgan fingerprint density at radius 2 is 2.00 bits per heavy atom. The van der Waals surface area contributed by atoms with Gasteiger partial charge in [0.15, 0.2) is 0 Å². The summed E-state index contributed by atoms with van der Waals surface area (Å²) in [4.78, 5) is 11.0. The summed E-state index contributed by atoms with van der Waals surface area (Å²) in [7, 11) is 1.93. The summed E-state index contributed by atoms with van der Waals surface area (Å²) in [6, 6.07) is 8.65. The topological polar surface area (TPSA) is 29.0 Å². The summed E-state index contributed by atoms with van der Waals surface area (Å²) in [5, 5.41) is 0. The first-order chi connectivity index (χ1) is 10.1. The van der Waals surface area contributed by atoms with Crippen molar-refractivity contribution < 1.29 is 4.39 Å². The van der Waals surface area contributed by atoms with E-state index in [1.165, 1.54) is 6.07 Å². The molecule has 0 amide bonds. The molecule has 1 aromatic carbocycles. The van der Waals surface area contributed by atoms with Crippen molar-refractivity contribution in [3.63, 3.8) is 0 Å². The van der Waals surface area contributed by atoms with Crippen molar-refractivity contribution in [3.8, 4) is 0 Å². The van der Waals surface area contributed by atoms with Gasteiger partial charge >= 0.3 is 0 Å². The number of hydrogen-bond acceptors (Lipinski definition) is 3. The van der Waals surface area contributed by atoms with Gasteiger partial charge in [-0.1, -0.05) is 18.2 Å². The van der Waals surface area contributed by atoms with Crippen molar-refractivity contribution in [3.05, 3.63) is 52.1 Å². The second-order valence-corrected chi connectivity index (χ2v) is 6.30. The van der Waals surface area contributed by atoms with Gasteiger partial charge < -0.3 is 4.90 Å². The molecule has 1 aromatic heterocycles. The second-order valence-electron chi connectivity index (χ2n) is 5.49. The third-order valence-corrected chi connectivity index (χ3v) is 4.35. The molecule has 0 bridgehead atoms. The molecule has 1 saturated carbocycles. The van der Waals surface area contributed by atoms with E-state index in [2.05, 4.69) is 25.9 Å². The number of nitrogens with zero attached hydrogens (tertiary/aromatic N) is 3. The van der Waals surface area contributed by atoms with Crippen molar-refractivity contribution in [2.75, 3.05) is 11.9 Å². The maximum atomic E-state index is 13.9. The highest BCUT2D eigenvalue weighted by Crippen LogP contribution is 2.39. The Morgan fingerprint density at radius 3 is 2.67 bits per heavy atom. The number of benzene rings is 1. The Kier molecular flexibility index (Phi) is 3.93. The molecular weight excluding hydrogens is 333 g/mol. The van der Waals surface area contributed by atoms with Gasteiger partial charge in [-0.05, 0) is 41.8 Å². The maximum Gasteiger partial charge on any atom is 0.135 e. The molecule has 5 heteroatoms. The van der Waals surface area contributed by atoms with Crippen LogP contribution in [0.2, 0.25) is 0 Å². The van der Waals surface area contributed by atoms with Gasteiger partial charge in [0.2, 0.25) is 0 Å². The molecule has 1 unspecified atom stereocenters. The predicted octanol–water partition coefficient (Wildman–Crippen LogP) is 4.45. The van der Waals surface area contributed by atoms with E-state index >= 15 is 0 Å². The van der Waals surface area contributed by atoms with Crippen LogP contribution in [-0.2, 0) is 0 Å². The van der Waals surface area contributed by atoms with Gasteiger partial charge in [-0.15, -0.1) is 0 Å². The van der Waals surface area contributed by atoms with Crippen LogP contribution < -0.4 is 4.90 Å². The van der Waals surface area contributed by atoms with Crippen LogP contribution in [0.5, 0.6) is 0 Å². The minimum atomic E-state index is -0.188. The lowest BCUT2D eigenvalue weighted by molar-refractivity contribution is 0.583. The van der Waals surface area contributed by atoms with E-state index in [0.717, 1.165) is 29.1 Å². The van der Waals surface area contributed by atoms with Crippen LogP contribution in [0.4, 0.5) is 10.2 Å². The van der Waals surface area contributed by atoms with Gasteiger partial charge in [0.05, 0.1) is 6.04 Å². The fraction of sp³-hybridized carbons (Fsp3) is 0.375. The van der Waals surface area contributed by atoms with Crippen LogP contribution in [0.1, 0.15) is 43.1 Å². The van der Waals surface area contributed by atoms with Gasteiger partial charge in [-0.2, -0.15) is 0 Å². The first kappa shape index (κ1) is 14.4. The Morgan fingerprint density at radius 1 is 1.29 bits per heavy atom. The second kappa shape index (κ2) is 5.72. The highest BCUT2D eigenvalue weighted by atomic mass is 79.9. The number of hydrogen-bond donors (Lipinski definition) is 0. The molecule has 2 aromatic rings. The van der Waals surface area contributed by atoms with Crippen LogP contribution in [0.25, 0.3) is 0 Å². The van der Waals surface area contributed by atoms with Crippen LogP contribution in [0.15, 0.2) is 34.9 Å². The predicted molar refractivity (Wildman–Crippen MR) is 84.9 cm³/mol. The molecule has 0 saturated heterocycles. The summed E-state index contributed by atoms with van der Waals surface area (Å²) in [6.45, 7) is 1.98. The standard InChI is InChI=1S/C16H17BrFN3/c1-10(12-5-3-4-6-13(12)18)21(2)15-9-14(17)19-16(20-15)11-7-8-11/h3-6,9-11H,7-8H2,1-2H3. The highest BCUT2D eigenvalue weighted by Gasteiger charge is 2.28. The minimum absolute atomic E-state index is 0.0972. The molecule has 1 aliphatic rings. The minimum Gasteiger partial charge on any atom is -0.353 e. The van der Waals surface area contributed by atoms with E-state index in [-0.39, 0.29) is 11.9 Å². The molecule has 0 radical (unpaired) electrons. The fourth-order valence-corrected chi connectivity index (χ4v) is 2.74. The summed E-state index contributed by atoms with van der Waals surface area (Å²) in [6.07, 6.45) is 2.31. The van der Waals surface area contributed by atoms with Crippen molar-refractivity contribution in [2.24, 2.45) is 0 Å². The molecule has 1 fully saturated rings. The average molecular weight is 350 g/mol. The molecule has 0 N–H and O–H groups in total. The third kappa shape index (κ3) is 3.07. The summed E-state index contributed by atoms with van der Waals surface area (Å²) >= 11 is 3.45. The first-order valence-corrected chi connectivity index (χ1v) is 7.87. The summed E-state index contributed by atoms with van der Waals surface area (Å²) in [5.74, 6) is 1.99. The van der Waals surface area contributed by atoms with Gasteiger partial charge in [0, 0.05) is 24.6 Å². The molecule has 1 atom stereocenters. The summed E-state index contributed by atoms with van der Waals surface area (Å²) < 4.78 is 14.7. The van der Waals surface area contributed by atoms with Gasteiger partial charge in [0.25, 0.3) is 0 Å². The SMILES string of the molecule is CC(c1ccccc1F)N(C)c1cc(Br)nc(C2CC2)n1. The van der Waals surface area contributed by atoms with Crippen LogP contribution >= 0.6 is 15.9 Å². The monoisotopic (exact) mass is 349 g/mol. The van der Waals surface area contributed by atoms with E-state index in [1.807, 2.05) is 37.1 Å². The highest BCUT2D eigenvalue weighted by molar-refractivity contribution is 9.10. The molecule has 1 aliphatic carbocycles. The first-order valence-electron chi connectivity index (χ1n) is 7.08. The van der Waals surface area contributed by atoms with E-state index < -0.39 is 0 Å². The molecule has 21 heavy (non-hydrogen) atoms. The Labute approximate surface area is 132 Å². The van der Waals surface area contributed by atoms with E-state index in [9.17, 15) is 4.39 Å². The Balaban J connectivity index is 1.91. The van der Waals surface area contributed by atoms with Gasteiger partial charge in [0.1, 0.15) is 22.1 Å². The number of rotatable bonds is 4. The number of anilines is 1. The van der Waals surface area contributed by atoms with E-state index in [1.54, 1.807) is 6.07 Å². The van der Waals surface area contributed by atoms with Crippen LogP contribution in [-0.4, -0.2) is 17.0 Å². The lowest BCUT2D eigenvalue weighted by Gasteiger charge is -2.27. The maximum absolute atomic E-state index is 13.9. The van der Waals surface area contributed by atoms with E-state index in [0.29, 0.717) is 11.5 Å².